The van der Waals surface area contributed by atoms with E-state index in [0.29, 0.717) is 18.0 Å². The molecule has 2 aromatic carbocycles. The van der Waals surface area contributed by atoms with E-state index in [9.17, 15) is 9.59 Å². The predicted molar refractivity (Wildman–Crippen MR) is 103 cm³/mol. The maximum atomic E-state index is 12.7. The summed E-state index contributed by atoms with van der Waals surface area (Å²) in [4.78, 5) is 25.3. The largest absolute Gasteiger partial charge is 0.495 e. The molecule has 2 rings (SSSR count). The van der Waals surface area contributed by atoms with Crippen molar-refractivity contribution >= 4 is 17.5 Å². The highest BCUT2D eigenvalue weighted by Crippen LogP contribution is 2.28. The highest BCUT2D eigenvalue weighted by atomic mass is 16.5. The number of hydrogen-bond acceptors (Lipinski definition) is 3. The van der Waals surface area contributed by atoms with Gasteiger partial charge in [0.2, 0.25) is 11.8 Å². The molecule has 0 spiro atoms. The van der Waals surface area contributed by atoms with E-state index in [4.69, 9.17) is 4.74 Å². The third-order valence-corrected chi connectivity index (χ3v) is 4.44. The number of hydrogen-bond donors (Lipinski definition) is 2. The summed E-state index contributed by atoms with van der Waals surface area (Å²) >= 11 is 0. The van der Waals surface area contributed by atoms with Gasteiger partial charge in [0.05, 0.1) is 12.8 Å². The van der Waals surface area contributed by atoms with Crippen LogP contribution in [0, 0.1) is 19.3 Å². The van der Waals surface area contributed by atoms with Gasteiger partial charge in [-0.2, -0.15) is 0 Å². The minimum atomic E-state index is -1.22. The van der Waals surface area contributed by atoms with Crippen LogP contribution in [0.4, 0.5) is 5.69 Å². The van der Waals surface area contributed by atoms with E-state index in [-0.39, 0.29) is 11.8 Å². The highest BCUT2D eigenvalue weighted by Gasteiger charge is 2.36. The molecule has 0 fully saturated rings. The van der Waals surface area contributed by atoms with E-state index in [2.05, 4.69) is 10.6 Å². The third-order valence-electron chi connectivity index (χ3n) is 4.44. The molecule has 0 saturated carbocycles. The zero-order valence-electron chi connectivity index (χ0n) is 16.0. The first-order valence-corrected chi connectivity index (χ1v) is 8.54. The number of anilines is 1. The van der Waals surface area contributed by atoms with Gasteiger partial charge in [0.25, 0.3) is 0 Å². The molecular weight excluding hydrogens is 328 g/mol. The first-order valence-electron chi connectivity index (χ1n) is 8.54. The second-order valence-electron chi connectivity index (χ2n) is 6.89. The van der Waals surface area contributed by atoms with Crippen molar-refractivity contribution in [2.24, 2.45) is 5.41 Å². The molecule has 0 saturated heterocycles. The van der Waals surface area contributed by atoms with Gasteiger partial charge in [0.15, 0.2) is 0 Å². The second-order valence-corrected chi connectivity index (χ2v) is 6.89. The van der Waals surface area contributed by atoms with Gasteiger partial charge in [-0.1, -0.05) is 30.3 Å². The van der Waals surface area contributed by atoms with Crippen LogP contribution in [0.5, 0.6) is 5.75 Å². The van der Waals surface area contributed by atoms with Crippen LogP contribution in [-0.4, -0.2) is 18.9 Å². The van der Waals surface area contributed by atoms with Crippen LogP contribution in [0.2, 0.25) is 0 Å². The molecule has 2 amide bonds. The maximum Gasteiger partial charge on any atom is 0.239 e. The van der Waals surface area contributed by atoms with E-state index in [0.717, 1.165) is 16.7 Å². The number of ether oxygens (including phenoxy) is 1. The lowest BCUT2D eigenvalue weighted by atomic mass is 9.90. The highest BCUT2D eigenvalue weighted by molar-refractivity contribution is 6.10. The summed E-state index contributed by atoms with van der Waals surface area (Å²) < 4.78 is 5.28. The summed E-state index contributed by atoms with van der Waals surface area (Å²) in [5.74, 6) is -0.159. The molecule has 5 nitrogen and oxygen atoms in total. The van der Waals surface area contributed by atoms with E-state index in [1.54, 1.807) is 27.0 Å². The van der Waals surface area contributed by atoms with Crippen LogP contribution < -0.4 is 15.4 Å². The van der Waals surface area contributed by atoms with Crippen LogP contribution in [0.3, 0.4) is 0 Å². The normalized spacial score (nSPS) is 11.0. The standard InChI is InChI=1S/C21H26N2O3/c1-14-10-11-18(26-5)17(12-14)23-20(25)21(3,4)19(24)22-13-16-9-7-6-8-15(16)2/h6-12H,13H2,1-5H3,(H,22,24)(H,23,25). The minimum Gasteiger partial charge on any atom is -0.495 e. The van der Waals surface area contributed by atoms with Gasteiger partial charge >= 0.3 is 0 Å². The minimum absolute atomic E-state index is 0.329. The average molecular weight is 354 g/mol. The number of aryl methyl sites for hydroxylation is 2. The van der Waals surface area contributed by atoms with Crippen molar-refractivity contribution in [1.82, 2.24) is 5.32 Å². The lowest BCUT2D eigenvalue weighted by Crippen LogP contribution is -2.45. The second kappa shape index (κ2) is 8.04. The van der Waals surface area contributed by atoms with Crippen LogP contribution in [0.1, 0.15) is 30.5 Å². The van der Waals surface area contributed by atoms with Crippen LogP contribution in [0.25, 0.3) is 0 Å². The van der Waals surface area contributed by atoms with Crippen molar-refractivity contribution in [2.75, 3.05) is 12.4 Å². The number of carbonyl (C=O) groups is 2. The summed E-state index contributed by atoms with van der Waals surface area (Å²) in [7, 11) is 1.54. The van der Waals surface area contributed by atoms with Gasteiger partial charge in [0.1, 0.15) is 11.2 Å². The number of benzene rings is 2. The molecule has 5 heteroatoms. The molecule has 0 unspecified atom stereocenters. The Bertz CT molecular complexity index is 813. The van der Waals surface area contributed by atoms with Gasteiger partial charge < -0.3 is 15.4 Å². The number of nitrogens with one attached hydrogen (secondary N) is 2. The fourth-order valence-electron chi connectivity index (χ4n) is 2.51. The first kappa shape index (κ1) is 19.5. The molecule has 0 bridgehead atoms. The van der Waals surface area contributed by atoms with E-state index < -0.39 is 5.41 Å². The molecule has 2 N–H and O–H groups in total. The molecule has 0 heterocycles. The Balaban J connectivity index is 2.08. The van der Waals surface area contributed by atoms with Gasteiger partial charge in [-0.3, -0.25) is 9.59 Å². The summed E-state index contributed by atoms with van der Waals surface area (Å²) in [6, 6.07) is 13.3. The van der Waals surface area contributed by atoms with Crippen molar-refractivity contribution in [3.63, 3.8) is 0 Å². The van der Waals surface area contributed by atoms with Gasteiger partial charge in [-0.05, 0) is 56.5 Å². The van der Waals surface area contributed by atoms with E-state index >= 15 is 0 Å². The molecule has 0 aliphatic rings. The molecule has 0 atom stereocenters. The monoisotopic (exact) mass is 354 g/mol. The van der Waals surface area contributed by atoms with Crippen LogP contribution >= 0.6 is 0 Å². The molecule has 2 aromatic rings. The Hall–Kier alpha value is -2.82. The number of amides is 2. The quantitative estimate of drug-likeness (QED) is 0.779. The van der Waals surface area contributed by atoms with Gasteiger partial charge in [-0.15, -0.1) is 0 Å². The first-order chi connectivity index (χ1) is 12.3. The van der Waals surface area contributed by atoms with Crippen molar-refractivity contribution in [1.29, 1.82) is 0 Å². The zero-order valence-corrected chi connectivity index (χ0v) is 16.0. The van der Waals surface area contributed by atoms with Crippen LogP contribution in [0.15, 0.2) is 42.5 Å². The number of rotatable bonds is 6. The summed E-state index contributed by atoms with van der Waals surface area (Å²) in [5, 5.41) is 5.66. The van der Waals surface area contributed by atoms with Crippen molar-refractivity contribution in [2.45, 2.75) is 34.2 Å². The van der Waals surface area contributed by atoms with Gasteiger partial charge in [-0.25, -0.2) is 0 Å². The maximum absolute atomic E-state index is 12.7. The Morgan fingerprint density at radius 1 is 1.04 bits per heavy atom. The Morgan fingerprint density at radius 3 is 2.38 bits per heavy atom. The molecule has 0 aromatic heterocycles. The average Bonchev–Trinajstić information content (AvgIpc) is 2.60. The predicted octanol–water partition coefficient (Wildman–Crippen LogP) is 3.59. The lowest BCUT2D eigenvalue weighted by Gasteiger charge is -2.23. The summed E-state index contributed by atoms with van der Waals surface area (Å²) in [6.07, 6.45) is 0. The summed E-state index contributed by atoms with van der Waals surface area (Å²) in [6.45, 7) is 7.52. The topological polar surface area (TPSA) is 67.4 Å². The fourth-order valence-corrected chi connectivity index (χ4v) is 2.51. The van der Waals surface area contributed by atoms with E-state index in [1.807, 2.05) is 50.2 Å². The SMILES string of the molecule is COc1ccc(C)cc1NC(=O)C(C)(C)C(=O)NCc1ccccc1C. The molecule has 0 radical (unpaired) electrons. The Labute approximate surface area is 154 Å². The van der Waals surface area contributed by atoms with Crippen molar-refractivity contribution in [3.8, 4) is 5.75 Å². The van der Waals surface area contributed by atoms with Gasteiger partial charge in [0, 0.05) is 6.54 Å². The smallest absolute Gasteiger partial charge is 0.239 e. The third kappa shape index (κ3) is 4.42. The number of carbonyl (C=O) groups excluding carboxylic acids is 2. The molecule has 138 valence electrons. The molecule has 0 aliphatic heterocycles. The van der Waals surface area contributed by atoms with Crippen LogP contribution in [-0.2, 0) is 16.1 Å². The van der Waals surface area contributed by atoms with Crippen molar-refractivity contribution in [3.05, 3.63) is 59.2 Å². The Kier molecular flexibility index (Phi) is 6.03. The lowest BCUT2D eigenvalue weighted by molar-refractivity contribution is -0.138. The molecule has 26 heavy (non-hydrogen) atoms. The van der Waals surface area contributed by atoms with Crippen molar-refractivity contribution < 1.29 is 14.3 Å². The van der Waals surface area contributed by atoms with E-state index in [1.165, 1.54) is 0 Å². The summed E-state index contributed by atoms with van der Waals surface area (Å²) in [5.41, 5.74) is 2.44. The molecule has 0 aliphatic carbocycles. The zero-order chi connectivity index (χ0) is 19.3. The molecular formula is C21H26N2O3. The Morgan fingerprint density at radius 2 is 1.73 bits per heavy atom. The fraction of sp³-hybridized carbons (Fsp3) is 0.333. The number of methoxy groups -OCH3 is 1.